The van der Waals surface area contributed by atoms with Gasteiger partial charge in [0.1, 0.15) is 10.7 Å². The summed E-state index contributed by atoms with van der Waals surface area (Å²) in [5.74, 6) is 0.798. The van der Waals surface area contributed by atoms with Crippen molar-refractivity contribution in [1.82, 2.24) is 23.6 Å². The van der Waals surface area contributed by atoms with Crippen molar-refractivity contribution in [3.8, 4) is 0 Å². The number of hydrogen-bond donors (Lipinski definition) is 0. The molecule has 1 aromatic carbocycles. The summed E-state index contributed by atoms with van der Waals surface area (Å²) in [5, 5.41) is 4.63. The summed E-state index contributed by atoms with van der Waals surface area (Å²) < 4.78 is 30.4. The van der Waals surface area contributed by atoms with Crippen molar-refractivity contribution in [2.75, 3.05) is 13.1 Å². The van der Waals surface area contributed by atoms with Gasteiger partial charge in [-0.1, -0.05) is 30.3 Å². The highest BCUT2D eigenvalue weighted by molar-refractivity contribution is 7.89. The van der Waals surface area contributed by atoms with E-state index in [9.17, 15) is 13.2 Å². The molecule has 0 unspecified atom stereocenters. The molecule has 4 rings (SSSR count). The molecule has 0 spiro atoms. The molecule has 1 aliphatic rings. The van der Waals surface area contributed by atoms with Gasteiger partial charge in [0.2, 0.25) is 10.0 Å². The molecule has 1 aliphatic heterocycles. The highest BCUT2D eigenvalue weighted by Gasteiger charge is 2.32. The Bertz CT molecular complexity index is 1150. The minimum absolute atomic E-state index is 0.0509. The maximum Gasteiger partial charge on any atom is 0.346 e. The molecular weight excluding hydrogens is 402 g/mol. The van der Waals surface area contributed by atoms with Crippen LogP contribution in [-0.4, -0.2) is 45.1 Å². The molecule has 3 heterocycles. The fourth-order valence-electron chi connectivity index (χ4n) is 3.92. The number of nitrogens with zero attached hydrogens (tertiary/aromatic N) is 5. The summed E-state index contributed by atoms with van der Waals surface area (Å²) in [7, 11) is -3.55. The molecule has 0 atom stereocenters. The molecular formula is C21H25N5O3S. The van der Waals surface area contributed by atoms with E-state index in [4.69, 9.17) is 0 Å². The van der Waals surface area contributed by atoms with Crippen molar-refractivity contribution in [3.63, 3.8) is 0 Å². The van der Waals surface area contributed by atoms with Gasteiger partial charge in [-0.2, -0.15) is 9.40 Å². The largest absolute Gasteiger partial charge is 0.346 e. The third-order valence-electron chi connectivity index (χ3n) is 5.53. The molecule has 9 heteroatoms. The van der Waals surface area contributed by atoms with Gasteiger partial charge in [0.25, 0.3) is 0 Å². The summed E-state index contributed by atoms with van der Waals surface area (Å²) in [6, 6.07) is 13.0. The van der Waals surface area contributed by atoms with Crippen LogP contribution in [0.25, 0.3) is 0 Å². The Morgan fingerprint density at radius 3 is 2.43 bits per heavy atom. The fraction of sp³-hybridized carbons (Fsp3) is 0.381. The predicted molar refractivity (Wildman–Crippen MR) is 113 cm³/mol. The molecule has 30 heavy (non-hydrogen) atoms. The maximum absolute atomic E-state index is 12.8. The first kappa shape index (κ1) is 20.5. The highest BCUT2D eigenvalue weighted by atomic mass is 32.2. The molecule has 2 aromatic heterocycles. The lowest BCUT2D eigenvalue weighted by atomic mass is 9.97. The molecule has 0 N–H and O–H groups in total. The lowest BCUT2D eigenvalue weighted by Crippen LogP contribution is -2.38. The zero-order valence-corrected chi connectivity index (χ0v) is 17.7. The molecule has 8 nitrogen and oxygen atoms in total. The SMILES string of the molecule is CCn1c(C2CCN(S(=O)(=O)c3cccnc3)CC2)nn(Cc2ccccc2)c1=O. The van der Waals surface area contributed by atoms with Crippen LogP contribution in [0.15, 0.2) is 64.5 Å². The van der Waals surface area contributed by atoms with Crippen LogP contribution in [0.4, 0.5) is 0 Å². The second-order valence-corrected chi connectivity index (χ2v) is 9.33. The van der Waals surface area contributed by atoms with Crippen LogP contribution >= 0.6 is 0 Å². The standard InChI is InChI=1S/C21H25N5O3S/c1-2-25-20(23-26(21(25)27)16-17-7-4-3-5-8-17)18-10-13-24(14-11-18)30(28,29)19-9-6-12-22-15-19/h3-9,12,15,18H,2,10-11,13-14,16H2,1H3. The number of pyridine rings is 1. The summed E-state index contributed by atoms with van der Waals surface area (Å²) in [6.07, 6.45) is 4.19. The molecule has 0 amide bonds. The summed E-state index contributed by atoms with van der Waals surface area (Å²) in [6.45, 7) is 3.68. The Hall–Kier alpha value is -2.78. The first-order chi connectivity index (χ1) is 14.5. The van der Waals surface area contributed by atoms with Gasteiger partial charge in [-0.15, -0.1) is 0 Å². The van der Waals surface area contributed by atoms with Crippen LogP contribution in [0.3, 0.4) is 0 Å². The molecule has 158 valence electrons. The van der Waals surface area contributed by atoms with E-state index in [0.717, 1.165) is 11.4 Å². The molecule has 1 saturated heterocycles. The average molecular weight is 428 g/mol. The lowest BCUT2D eigenvalue weighted by Gasteiger charge is -2.30. The normalized spacial score (nSPS) is 16.0. The van der Waals surface area contributed by atoms with Crippen LogP contribution < -0.4 is 5.69 Å². The third-order valence-corrected chi connectivity index (χ3v) is 7.42. The van der Waals surface area contributed by atoms with Crippen LogP contribution in [0.5, 0.6) is 0 Å². The van der Waals surface area contributed by atoms with E-state index in [1.54, 1.807) is 22.9 Å². The molecule has 3 aromatic rings. The predicted octanol–water partition coefficient (Wildman–Crippen LogP) is 2.08. The zero-order chi connectivity index (χ0) is 21.1. The summed E-state index contributed by atoms with van der Waals surface area (Å²) >= 11 is 0. The van der Waals surface area contributed by atoms with E-state index in [2.05, 4.69) is 10.1 Å². The topological polar surface area (TPSA) is 90.1 Å². The first-order valence-electron chi connectivity index (χ1n) is 10.1. The Labute approximate surface area is 175 Å². The van der Waals surface area contributed by atoms with Gasteiger partial charge < -0.3 is 0 Å². The Balaban J connectivity index is 1.52. The van der Waals surface area contributed by atoms with Crippen LogP contribution in [0, 0.1) is 0 Å². The summed E-state index contributed by atoms with van der Waals surface area (Å²) in [4.78, 5) is 17.0. The van der Waals surface area contributed by atoms with Gasteiger partial charge in [-0.3, -0.25) is 9.55 Å². The maximum atomic E-state index is 12.8. The van der Waals surface area contributed by atoms with Gasteiger partial charge in [0.05, 0.1) is 6.54 Å². The quantitative estimate of drug-likeness (QED) is 0.601. The van der Waals surface area contributed by atoms with Crippen molar-refractivity contribution in [1.29, 1.82) is 0 Å². The molecule has 0 aliphatic carbocycles. The van der Waals surface area contributed by atoms with Gasteiger partial charge in [0.15, 0.2) is 0 Å². The minimum Gasteiger partial charge on any atom is -0.279 e. The second kappa shape index (κ2) is 8.53. The van der Waals surface area contributed by atoms with E-state index in [-0.39, 0.29) is 16.5 Å². The second-order valence-electron chi connectivity index (χ2n) is 7.40. The van der Waals surface area contributed by atoms with Crippen LogP contribution in [0.2, 0.25) is 0 Å². The van der Waals surface area contributed by atoms with Gasteiger partial charge >= 0.3 is 5.69 Å². The first-order valence-corrected chi connectivity index (χ1v) is 11.6. The monoisotopic (exact) mass is 427 g/mol. The van der Waals surface area contributed by atoms with Gasteiger partial charge in [-0.25, -0.2) is 17.9 Å². The van der Waals surface area contributed by atoms with Crippen LogP contribution in [-0.2, 0) is 23.1 Å². The van der Waals surface area contributed by atoms with Gasteiger partial charge in [0, 0.05) is 37.9 Å². The van der Waals surface area contributed by atoms with E-state index < -0.39 is 10.0 Å². The van der Waals surface area contributed by atoms with Crippen LogP contribution in [0.1, 0.15) is 37.1 Å². The van der Waals surface area contributed by atoms with Crippen molar-refractivity contribution < 1.29 is 8.42 Å². The van der Waals surface area contributed by atoms with Crippen molar-refractivity contribution in [3.05, 3.63) is 76.7 Å². The number of piperidine rings is 1. The van der Waals surface area contributed by atoms with Crippen molar-refractivity contribution in [2.45, 2.75) is 43.7 Å². The van der Waals surface area contributed by atoms with Crippen molar-refractivity contribution in [2.24, 2.45) is 0 Å². The lowest BCUT2D eigenvalue weighted by molar-refractivity contribution is 0.308. The van der Waals surface area contributed by atoms with Crippen molar-refractivity contribution >= 4 is 10.0 Å². The number of hydrogen-bond acceptors (Lipinski definition) is 5. The number of sulfonamides is 1. The zero-order valence-electron chi connectivity index (χ0n) is 16.9. The van der Waals surface area contributed by atoms with E-state index in [1.165, 1.54) is 15.2 Å². The highest BCUT2D eigenvalue weighted by Crippen LogP contribution is 2.29. The third kappa shape index (κ3) is 3.95. The molecule has 0 bridgehead atoms. The average Bonchev–Trinajstić information content (AvgIpc) is 3.10. The Kier molecular flexibility index (Phi) is 5.83. The van der Waals surface area contributed by atoms with Gasteiger partial charge in [-0.05, 0) is 37.5 Å². The number of benzene rings is 1. The minimum atomic E-state index is -3.55. The fourth-order valence-corrected chi connectivity index (χ4v) is 5.35. The number of rotatable bonds is 6. The Morgan fingerprint density at radius 2 is 1.80 bits per heavy atom. The molecule has 1 fully saturated rings. The smallest absolute Gasteiger partial charge is 0.279 e. The number of aromatic nitrogens is 4. The summed E-state index contributed by atoms with van der Waals surface area (Å²) in [5.41, 5.74) is 0.894. The van der Waals surface area contributed by atoms with E-state index in [1.807, 2.05) is 37.3 Å². The Morgan fingerprint density at radius 1 is 1.07 bits per heavy atom. The van der Waals surface area contributed by atoms with E-state index >= 15 is 0 Å². The molecule has 0 radical (unpaired) electrons. The molecule has 0 saturated carbocycles. The van der Waals surface area contributed by atoms with E-state index in [0.29, 0.717) is 39.0 Å².